The highest BCUT2D eigenvalue weighted by Crippen LogP contribution is 2.39. The van der Waals surface area contributed by atoms with E-state index in [0.717, 1.165) is 33.1 Å². The number of nitrogens with zero attached hydrogens (tertiary/aromatic N) is 1. The van der Waals surface area contributed by atoms with Gasteiger partial charge in [-0.1, -0.05) is 28.1 Å². The van der Waals surface area contributed by atoms with Crippen LogP contribution in [0.3, 0.4) is 0 Å². The summed E-state index contributed by atoms with van der Waals surface area (Å²) in [6.07, 6.45) is 0.394. The Balaban J connectivity index is 1.71. The monoisotopic (exact) mass is 499 g/mol. The van der Waals surface area contributed by atoms with E-state index in [9.17, 15) is 9.59 Å². The van der Waals surface area contributed by atoms with E-state index in [4.69, 9.17) is 9.47 Å². The number of rotatable bonds is 6. The molecular weight excluding hydrogens is 474 g/mol. The van der Waals surface area contributed by atoms with Gasteiger partial charge in [-0.3, -0.25) is 9.69 Å². The first-order chi connectivity index (χ1) is 15.5. The maximum absolute atomic E-state index is 12.8. The van der Waals surface area contributed by atoms with Gasteiger partial charge in [0, 0.05) is 46.8 Å². The topological polar surface area (TPSA) is 83.7 Å². The molecule has 0 radical (unpaired) electrons. The van der Waals surface area contributed by atoms with Gasteiger partial charge in [0.15, 0.2) is 0 Å². The van der Waals surface area contributed by atoms with Crippen molar-refractivity contribution in [2.75, 3.05) is 33.4 Å². The number of hydrogen-bond donors (Lipinski definition) is 2. The molecule has 1 unspecified atom stereocenters. The predicted molar refractivity (Wildman–Crippen MR) is 126 cm³/mol. The summed E-state index contributed by atoms with van der Waals surface area (Å²) in [4.78, 5) is 30.4. The molecule has 32 heavy (non-hydrogen) atoms. The summed E-state index contributed by atoms with van der Waals surface area (Å²) < 4.78 is 11.3. The molecule has 2 N–H and O–H groups in total. The van der Waals surface area contributed by atoms with Crippen LogP contribution < -0.4 is 5.32 Å². The molecule has 0 saturated heterocycles. The molecule has 2 amide bonds. The molecule has 7 nitrogen and oxygen atoms in total. The zero-order valence-electron chi connectivity index (χ0n) is 18.1. The molecular formula is C24H26BrN3O4. The van der Waals surface area contributed by atoms with Crippen LogP contribution in [0.15, 0.2) is 46.9 Å². The van der Waals surface area contributed by atoms with Crippen LogP contribution in [0.5, 0.6) is 0 Å². The fraction of sp³-hybridized carbons (Fsp3) is 0.333. The standard InChI is InChI=1S/C24H26BrN3O4/c1-3-32-24(30)28-12-10-18-19-14-17(25)8-9-20(19)27-21(18)22(28)15-4-6-16(7-5-15)23(29)26-11-13-31-2/h4-9,14,22,27H,3,10-13H2,1-2H3,(H,26,29). The lowest BCUT2D eigenvalue weighted by Gasteiger charge is -2.35. The fourth-order valence-corrected chi connectivity index (χ4v) is 4.56. The van der Waals surface area contributed by atoms with Gasteiger partial charge in [0.05, 0.1) is 13.2 Å². The first-order valence-corrected chi connectivity index (χ1v) is 11.4. The Labute approximate surface area is 195 Å². The van der Waals surface area contributed by atoms with Crippen LogP contribution >= 0.6 is 15.9 Å². The molecule has 1 aliphatic heterocycles. The maximum atomic E-state index is 12.8. The third-order valence-corrected chi connectivity index (χ3v) is 6.16. The number of benzene rings is 2. The van der Waals surface area contributed by atoms with Crippen LogP contribution in [-0.4, -0.2) is 55.3 Å². The lowest BCUT2D eigenvalue weighted by Crippen LogP contribution is -2.41. The molecule has 0 saturated carbocycles. The lowest BCUT2D eigenvalue weighted by atomic mass is 9.92. The second-order valence-electron chi connectivity index (χ2n) is 7.62. The number of halogens is 1. The molecule has 0 aliphatic carbocycles. The molecule has 0 spiro atoms. The fourth-order valence-electron chi connectivity index (χ4n) is 4.20. The van der Waals surface area contributed by atoms with Crippen LogP contribution in [-0.2, 0) is 15.9 Å². The minimum Gasteiger partial charge on any atom is -0.450 e. The van der Waals surface area contributed by atoms with Crippen molar-refractivity contribution in [3.8, 4) is 0 Å². The van der Waals surface area contributed by atoms with Gasteiger partial charge in [0.2, 0.25) is 0 Å². The number of carbonyl (C=O) groups excluding carboxylic acids is 2. The van der Waals surface area contributed by atoms with Gasteiger partial charge in [-0.05, 0) is 54.8 Å². The van der Waals surface area contributed by atoms with E-state index in [1.165, 1.54) is 5.56 Å². The number of H-pyrrole nitrogens is 1. The zero-order valence-corrected chi connectivity index (χ0v) is 19.7. The molecule has 8 heteroatoms. The average molecular weight is 500 g/mol. The van der Waals surface area contributed by atoms with E-state index in [1.54, 1.807) is 31.1 Å². The Morgan fingerprint density at radius 1 is 1.22 bits per heavy atom. The third-order valence-electron chi connectivity index (χ3n) is 5.67. The molecule has 1 atom stereocenters. The van der Waals surface area contributed by atoms with E-state index in [0.29, 0.717) is 31.9 Å². The minimum atomic E-state index is -0.343. The number of nitrogens with one attached hydrogen (secondary N) is 2. The Kier molecular flexibility index (Phi) is 6.81. The van der Waals surface area contributed by atoms with E-state index >= 15 is 0 Å². The molecule has 2 heterocycles. The molecule has 1 aliphatic rings. The highest BCUT2D eigenvalue weighted by atomic mass is 79.9. The van der Waals surface area contributed by atoms with Crippen LogP contribution in [0.4, 0.5) is 4.79 Å². The van der Waals surface area contributed by atoms with Crippen molar-refractivity contribution >= 4 is 38.8 Å². The SMILES string of the molecule is CCOC(=O)N1CCc2c([nH]c3ccc(Br)cc23)C1c1ccc(C(=O)NCCOC)cc1. The van der Waals surface area contributed by atoms with Crippen molar-refractivity contribution in [2.24, 2.45) is 0 Å². The first-order valence-electron chi connectivity index (χ1n) is 10.6. The molecule has 1 aromatic heterocycles. The van der Waals surface area contributed by atoms with Crippen molar-refractivity contribution in [1.29, 1.82) is 0 Å². The number of carbonyl (C=O) groups is 2. The minimum absolute atomic E-state index is 0.157. The number of aromatic amines is 1. The van der Waals surface area contributed by atoms with Crippen molar-refractivity contribution in [3.63, 3.8) is 0 Å². The molecule has 168 valence electrons. The summed E-state index contributed by atoms with van der Waals surface area (Å²) >= 11 is 3.56. The van der Waals surface area contributed by atoms with E-state index < -0.39 is 0 Å². The van der Waals surface area contributed by atoms with Crippen LogP contribution in [0.1, 0.15) is 40.1 Å². The van der Waals surface area contributed by atoms with Gasteiger partial charge in [0.1, 0.15) is 6.04 Å². The van der Waals surface area contributed by atoms with Gasteiger partial charge in [-0.15, -0.1) is 0 Å². The second kappa shape index (κ2) is 9.75. The summed E-state index contributed by atoms with van der Waals surface area (Å²) in [5.74, 6) is -0.157. The van der Waals surface area contributed by atoms with Crippen LogP contribution in [0, 0.1) is 0 Å². The summed E-state index contributed by atoms with van der Waals surface area (Å²) in [6.45, 7) is 3.58. The highest BCUT2D eigenvalue weighted by molar-refractivity contribution is 9.10. The van der Waals surface area contributed by atoms with Gasteiger partial charge in [0.25, 0.3) is 5.91 Å². The third kappa shape index (κ3) is 4.38. The second-order valence-corrected chi connectivity index (χ2v) is 8.54. The molecule has 4 rings (SSSR count). The predicted octanol–water partition coefficient (Wildman–Crippen LogP) is 4.41. The number of ether oxygens (including phenoxy) is 2. The number of amides is 2. The van der Waals surface area contributed by atoms with Crippen LogP contribution in [0.2, 0.25) is 0 Å². The van der Waals surface area contributed by atoms with Crippen LogP contribution in [0.25, 0.3) is 10.9 Å². The number of fused-ring (bicyclic) bond motifs is 3. The molecule has 0 bridgehead atoms. The molecule has 0 fully saturated rings. The van der Waals surface area contributed by atoms with Gasteiger partial charge in [-0.25, -0.2) is 4.79 Å². The van der Waals surface area contributed by atoms with Crippen molar-refractivity contribution in [2.45, 2.75) is 19.4 Å². The van der Waals surface area contributed by atoms with Gasteiger partial charge in [-0.2, -0.15) is 0 Å². The van der Waals surface area contributed by atoms with E-state index in [2.05, 4.69) is 32.3 Å². The average Bonchev–Trinajstić information content (AvgIpc) is 3.16. The summed E-state index contributed by atoms with van der Waals surface area (Å²) in [7, 11) is 1.59. The summed E-state index contributed by atoms with van der Waals surface area (Å²) in [5, 5.41) is 3.97. The largest absolute Gasteiger partial charge is 0.450 e. The Hall–Kier alpha value is -2.84. The lowest BCUT2D eigenvalue weighted by molar-refractivity contribution is 0.0922. The highest BCUT2D eigenvalue weighted by Gasteiger charge is 2.35. The maximum Gasteiger partial charge on any atom is 0.410 e. The number of hydrogen-bond acceptors (Lipinski definition) is 4. The zero-order chi connectivity index (χ0) is 22.7. The van der Waals surface area contributed by atoms with Crippen molar-refractivity contribution in [3.05, 3.63) is 69.3 Å². The Bertz CT molecular complexity index is 1130. The van der Waals surface area contributed by atoms with Crippen molar-refractivity contribution < 1.29 is 19.1 Å². The number of aromatic nitrogens is 1. The van der Waals surface area contributed by atoms with E-state index in [1.807, 2.05) is 24.3 Å². The Morgan fingerprint density at radius 3 is 2.72 bits per heavy atom. The van der Waals surface area contributed by atoms with E-state index in [-0.39, 0.29) is 18.0 Å². The van der Waals surface area contributed by atoms with Crippen molar-refractivity contribution in [1.82, 2.24) is 15.2 Å². The first kappa shape index (κ1) is 22.4. The number of methoxy groups -OCH3 is 1. The summed E-state index contributed by atoms with van der Waals surface area (Å²) in [6, 6.07) is 13.2. The smallest absolute Gasteiger partial charge is 0.410 e. The Morgan fingerprint density at radius 2 is 2.00 bits per heavy atom. The normalized spacial score (nSPS) is 15.5. The molecule has 2 aromatic carbocycles. The summed E-state index contributed by atoms with van der Waals surface area (Å²) in [5.41, 5.74) is 4.69. The molecule has 3 aromatic rings. The van der Waals surface area contributed by atoms with Gasteiger partial charge < -0.3 is 19.8 Å². The van der Waals surface area contributed by atoms with Gasteiger partial charge >= 0.3 is 6.09 Å². The quantitative estimate of drug-likeness (QED) is 0.492.